The van der Waals surface area contributed by atoms with Crippen molar-refractivity contribution in [1.82, 2.24) is 14.9 Å². The predicted octanol–water partition coefficient (Wildman–Crippen LogP) is 4.95. The van der Waals surface area contributed by atoms with Gasteiger partial charge in [0.2, 0.25) is 0 Å². The number of hydrogen-bond donors (Lipinski definition) is 0. The maximum Gasteiger partial charge on any atom is 0.289 e. The molecule has 4 heterocycles. The summed E-state index contributed by atoms with van der Waals surface area (Å²) >= 11 is 2.95. The van der Waals surface area contributed by atoms with Crippen molar-refractivity contribution in [3.05, 3.63) is 65.1 Å². The second-order valence-electron chi connectivity index (χ2n) is 8.96. The van der Waals surface area contributed by atoms with Gasteiger partial charge in [0.25, 0.3) is 5.91 Å². The standard InChI is InChI=1S/C26H26N4O3S2/c31-25(24-27-11-14-34-24)30(26-28-20-5-1-4-8-23(20)35-26)15-18-9-12-29(13-10-18)16-19-17-32-21-6-2-3-7-22(21)33-19/h1-8,11,14,18-19H,9-10,12-13,15-17H2. The van der Waals surface area contributed by atoms with Crippen molar-refractivity contribution in [1.29, 1.82) is 0 Å². The van der Waals surface area contributed by atoms with Gasteiger partial charge in [-0.2, -0.15) is 0 Å². The Morgan fingerprint density at radius 1 is 1.09 bits per heavy atom. The van der Waals surface area contributed by atoms with Crippen LogP contribution in [0.25, 0.3) is 10.2 Å². The van der Waals surface area contributed by atoms with Crippen molar-refractivity contribution in [3.8, 4) is 11.5 Å². The van der Waals surface area contributed by atoms with Gasteiger partial charge >= 0.3 is 0 Å². The lowest BCUT2D eigenvalue weighted by Crippen LogP contribution is -2.46. The average Bonchev–Trinajstić information content (AvgIpc) is 3.58. The number of hydrogen-bond acceptors (Lipinski definition) is 8. The molecule has 7 nitrogen and oxygen atoms in total. The van der Waals surface area contributed by atoms with Gasteiger partial charge in [0.15, 0.2) is 21.6 Å². The summed E-state index contributed by atoms with van der Waals surface area (Å²) in [6.45, 7) is 4.03. The zero-order chi connectivity index (χ0) is 23.6. The predicted molar refractivity (Wildman–Crippen MR) is 139 cm³/mol. The van der Waals surface area contributed by atoms with Gasteiger partial charge in [-0.1, -0.05) is 35.6 Å². The second kappa shape index (κ2) is 9.93. The minimum Gasteiger partial charge on any atom is -0.486 e. The van der Waals surface area contributed by atoms with Crippen LogP contribution in [0.4, 0.5) is 5.13 Å². The number of aromatic nitrogens is 2. The van der Waals surface area contributed by atoms with Crippen LogP contribution in [0.2, 0.25) is 0 Å². The SMILES string of the molecule is O=C(c1nccs1)N(CC1CCN(CC2COc3ccccc3O2)CC1)c1nc2ccccc2s1. The zero-order valence-electron chi connectivity index (χ0n) is 19.2. The molecule has 0 saturated carbocycles. The summed E-state index contributed by atoms with van der Waals surface area (Å²) in [7, 11) is 0. The molecule has 0 radical (unpaired) electrons. The highest BCUT2D eigenvalue weighted by Crippen LogP contribution is 2.33. The fourth-order valence-electron chi connectivity index (χ4n) is 4.72. The summed E-state index contributed by atoms with van der Waals surface area (Å²) in [4.78, 5) is 26.7. The van der Waals surface area contributed by atoms with E-state index < -0.39 is 0 Å². The minimum absolute atomic E-state index is 0.0344. The number of thiazole rings is 2. The van der Waals surface area contributed by atoms with Gasteiger partial charge in [0.1, 0.15) is 12.7 Å². The van der Waals surface area contributed by atoms with Crippen LogP contribution in [-0.2, 0) is 0 Å². The lowest BCUT2D eigenvalue weighted by Gasteiger charge is -2.36. The lowest BCUT2D eigenvalue weighted by atomic mass is 9.96. The molecule has 6 rings (SSSR count). The molecule has 1 fully saturated rings. The molecule has 35 heavy (non-hydrogen) atoms. The van der Waals surface area contributed by atoms with Gasteiger partial charge in [0, 0.05) is 24.7 Å². The molecule has 1 atom stereocenters. The third kappa shape index (κ3) is 4.89. The van der Waals surface area contributed by atoms with Gasteiger partial charge in [0.05, 0.1) is 10.2 Å². The van der Waals surface area contributed by atoms with Crippen molar-refractivity contribution in [2.75, 3.05) is 37.7 Å². The van der Waals surface area contributed by atoms with Gasteiger partial charge < -0.3 is 9.47 Å². The molecular formula is C26H26N4O3S2. The van der Waals surface area contributed by atoms with Crippen LogP contribution in [-0.4, -0.2) is 59.7 Å². The Hall–Kier alpha value is -3.01. The number of benzene rings is 2. The maximum absolute atomic E-state index is 13.4. The Balaban J connectivity index is 1.11. The van der Waals surface area contributed by atoms with Crippen LogP contribution in [0.15, 0.2) is 60.1 Å². The van der Waals surface area contributed by atoms with Crippen LogP contribution in [0, 0.1) is 5.92 Å². The van der Waals surface area contributed by atoms with E-state index in [-0.39, 0.29) is 12.0 Å². The molecule has 9 heteroatoms. The fourth-order valence-corrected chi connectivity index (χ4v) is 6.28. The van der Waals surface area contributed by atoms with Crippen molar-refractivity contribution < 1.29 is 14.3 Å². The number of piperidine rings is 1. The smallest absolute Gasteiger partial charge is 0.289 e. The van der Waals surface area contributed by atoms with E-state index in [1.54, 1.807) is 17.5 Å². The van der Waals surface area contributed by atoms with E-state index in [2.05, 4.69) is 16.0 Å². The molecule has 0 spiro atoms. The largest absolute Gasteiger partial charge is 0.486 e. The molecule has 180 valence electrons. The summed E-state index contributed by atoms with van der Waals surface area (Å²) in [5.74, 6) is 1.99. The van der Waals surface area contributed by atoms with E-state index >= 15 is 0 Å². The normalized spacial score (nSPS) is 18.6. The molecule has 4 aromatic rings. The molecule has 2 aromatic heterocycles. The summed E-state index contributed by atoms with van der Waals surface area (Å²) in [6.07, 6.45) is 3.77. The molecule has 2 aliphatic heterocycles. The molecule has 1 amide bonds. The molecular weight excluding hydrogens is 480 g/mol. The van der Waals surface area contributed by atoms with Crippen LogP contribution in [0.1, 0.15) is 22.6 Å². The minimum atomic E-state index is -0.0621. The highest BCUT2D eigenvalue weighted by atomic mass is 32.1. The molecule has 0 bridgehead atoms. The third-order valence-electron chi connectivity index (χ3n) is 6.55. The van der Waals surface area contributed by atoms with E-state index in [1.807, 2.05) is 52.7 Å². The molecule has 0 aliphatic carbocycles. The second-order valence-corrected chi connectivity index (χ2v) is 10.9. The first-order chi connectivity index (χ1) is 17.2. The third-order valence-corrected chi connectivity index (χ3v) is 8.37. The number of ether oxygens (including phenoxy) is 2. The summed E-state index contributed by atoms with van der Waals surface area (Å²) < 4.78 is 13.1. The number of carbonyl (C=O) groups excluding carboxylic acids is 1. The van der Waals surface area contributed by atoms with E-state index in [9.17, 15) is 4.79 Å². The van der Waals surface area contributed by atoms with Crippen LogP contribution >= 0.6 is 22.7 Å². The number of nitrogens with zero attached hydrogens (tertiary/aromatic N) is 4. The van der Waals surface area contributed by atoms with Crippen molar-refractivity contribution in [3.63, 3.8) is 0 Å². The summed E-state index contributed by atoms with van der Waals surface area (Å²) in [5, 5.41) is 3.11. The monoisotopic (exact) mass is 506 g/mol. The van der Waals surface area contributed by atoms with Crippen molar-refractivity contribution >= 4 is 43.9 Å². The molecule has 1 saturated heterocycles. The number of fused-ring (bicyclic) bond motifs is 2. The quantitative estimate of drug-likeness (QED) is 0.369. The van der Waals surface area contributed by atoms with E-state index in [0.717, 1.165) is 59.3 Å². The van der Waals surface area contributed by atoms with Gasteiger partial charge in [-0.15, -0.1) is 11.3 Å². The van der Waals surface area contributed by atoms with Gasteiger partial charge in [-0.25, -0.2) is 9.97 Å². The zero-order valence-corrected chi connectivity index (χ0v) is 20.8. The van der Waals surface area contributed by atoms with Gasteiger partial charge in [-0.05, 0) is 56.1 Å². The fraction of sp³-hybridized carbons (Fsp3) is 0.346. The van der Waals surface area contributed by atoms with Crippen molar-refractivity contribution in [2.24, 2.45) is 5.92 Å². The molecule has 1 unspecified atom stereocenters. The number of rotatable bonds is 6. The van der Waals surface area contributed by atoms with Gasteiger partial charge in [-0.3, -0.25) is 14.6 Å². The number of carbonyl (C=O) groups is 1. The topological polar surface area (TPSA) is 67.8 Å². The van der Waals surface area contributed by atoms with Crippen LogP contribution < -0.4 is 14.4 Å². The lowest BCUT2D eigenvalue weighted by molar-refractivity contribution is 0.0481. The highest BCUT2D eigenvalue weighted by Gasteiger charge is 2.30. The average molecular weight is 507 g/mol. The van der Waals surface area contributed by atoms with E-state index in [4.69, 9.17) is 14.5 Å². The summed E-state index contributed by atoms with van der Waals surface area (Å²) in [5.41, 5.74) is 0.926. The molecule has 2 aromatic carbocycles. The van der Waals surface area contributed by atoms with E-state index in [0.29, 0.717) is 24.1 Å². The number of likely N-dealkylation sites (tertiary alicyclic amines) is 1. The van der Waals surface area contributed by atoms with Crippen molar-refractivity contribution in [2.45, 2.75) is 18.9 Å². The molecule has 0 N–H and O–H groups in total. The maximum atomic E-state index is 13.4. The summed E-state index contributed by atoms with van der Waals surface area (Å²) in [6, 6.07) is 15.9. The number of amides is 1. The Bertz CT molecular complexity index is 1270. The Morgan fingerprint density at radius 2 is 1.89 bits per heavy atom. The van der Waals surface area contributed by atoms with E-state index in [1.165, 1.54) is 11.3 Å². The Labute approximate surface area is 211 Å². The number of para-hydroxylation sites is 3. The highest BCUT2D eigenvalue weighted by molar-refractivity contribution is 7.22. The first kappa shape index (κ1) is 22.5. The Morgan fingerprint density at radius 3 is 2.69 bits per heavy atom. The first-order valence-electron chi connectivity index (χ1n) is 11.9. The number of anilines is 1. The Kier molecular flexibility index (Phi) is 6.37. The van der Waals surface area contributed by atoms with Crippen LogP contribution in [0.3, 0.4) is 0 Å². The first-order valence-corrected chi connectivity index (χ1v) is 13.6. The van der Waals surface area contributed by atoms with Crippen LogP contribution in [0.5, 0.6) is 11.5 Å². The molecule has 2 aliphatic rings.